The van der Waals surface area contributed by atoms with E-state index in [1.807, 2.05) is 39.0 Å². The maximum Gasteiger partial charge on any atom is 0.223 e. The molecule has 1 aliphatic heterocycles. The van der Waals surface area contributed by atoms with Crippen LogP contribution in [0.25, 0.3) is 0 Å². The molecule has 7 heteroatoms. The van der Waals surface area contributed by atoms with E-state index >= 15 is 0 Å². The molecule has 1 atom stereocenters. The number of amides is 1. The number of carbonyl (C=O) groups excluding carboxylic acids is 1. The van der Waals surface area contributed by atoms with E-state index in [1.165, 1.54) is 12.1 Å². The van der Waals surface area contributed by atoms with Gasteiger partial charge >= 0.3 is 0 Å². The van der Waals surface area contributed by atoms with Crippen molar-refractivity contribution in [2.45, 2.75) is 46.3 Å². The number of oxime groups is 1. The smallest absolute Gasteiger partial charge is 0.223 e. The number of hydrogen-bond acceptors (Lipinski definition) is 5. The standard InChI is InChI=1S/C25H31FN2O4/c1-25(2,3)14-24(29)28(15-17-6-9-19(26)10-7-17)16-20-13-21(27-32-20)18-8-11-22(30-4)23(12-18)31-5/h6-12,20H,13-16H2,1-5H3/t20-/m0/s1. The summed E-state index contributed by atoms with van der Waals surface area (Å²) in [5.74, 6) is 0.999. The Kier molecular flexibility index (Phi) is 7.38. The quantitative estimate of drug-likeness (QED) is 0.589. The van der Waals surface area contributed by atoms with Crippen molar-refractivity contribution in [2.24, 2.45) is 10.6 Å². The Morgan fingerprint density at radius 1 is 1.12 bits per heavy atom. The first-order valence-electron chi connectivity index (χ1n) is 10.7. The lowest BCUT2D eigenvalue weighted by Gasteiger charge is -2.28. The molecule has 32 heavy (non-hydrogen) atoms. The normalized spacial score (nSPS) is 15.7. The summed E-state index contributed by atoms with van der Waals surface area (Å²) in [4.78, 5) is 20.5. The number of ether oxygens (including phenoxy) is 2. The molecule has 3 rings (SSSR count). The van der Waals surface area contributed by atoms with Gasteiger partial charge in [-0.15, -0.1) is 0 Å². The first kappa shape index (κ1) is 23.6. The molecular weight excluding hydrogens is 411 g/mol. The highest BCUT2D eigenvalue weighted by Gasteiger charge is 2.29. The van der Waals surface area contributed by atoms with Crippen LogP contribution in [0.2, 0.25) is 0 Å². The van der Waals surface area contributed by atoms with Crippen molar-refractivity contribution in [1.82, 2.24) is 4.90 Å². The lowest BCUT2D eigenvalue weighted by Crippen LogP contribution is -2.38. The summed E-state index contributed by atoms with van der Waals surface area (Å²) in [7, 11) is 3.18. The third-order valence-corrected chi connectivity index (χ3v) is 5.19. The van der Waals surface area contributed by atoms with Crippen molar-refractivity contribution in [3.8, 4) is 11.5 Å². The molecule has 0 saturated heterocycles. The van der Waals surface area contributed by atoms with E-state index in [1.54, 1.807) is 31.3 Å². The van der Waals surface area contributed by atoms with E-state index in [0.717, 1.165) is 16.8 Å². The number of carbonyl (C=O) groups is 1. The lowest BCUT2D eigenvalue weighted by atomic mass is 9.91. The second kappa shape index (κ2) is 10.0. The van der Waals surface area contributed by atoms with Gasteiger partial charge in [0.05, 0.1) is 26.5 Å². The molecular formula is C25H31FN2O4. The van der Waals surface area contributed by atoms with Gasteiger partial charge in [0.1, 0.15) is 5.82 Å². The van der Waals surface area contributed by atoms with Gasteiger partial charge < -0.3 is 19.2 Å². The summed E-state index contributed by atoms with van der Waals surface area (Å²) in [5, 5.41) is 4.26. The van der Waals surface area contributed by atoms with Gasteiger partial charge in [0.2, 0.25) is 5.91 Å². The zero-order chi connectivity index (χ0) is 23.3. The Balaban J connectivity index is 1.71. The van der Waals surface area contributed by atoms with Crippen LogP contribution in [0.3, 0.4) is 0 Å². The fraction of sp³-hybridized carbons (Fsp3) is 0.440. The van der Waals surface area contributed by atoms with E-state index in [9.17, 15) is 9.18 Å². The number of methoxy groups -OCH3 is 2. The number of nitrogens with zero attached hydrogens (tertiary/aromatic N) is 2. The second-order valence-corrected chi connectivity index (χ2v) is 9.18. The molecule has 0 radical (unpaired) electrons. The van der Waals surface area contributed by atoms with Crippen molar-refractivity contribution in [3.63, 3.8) is 0 Å². The van der Waals surface area contributed by atoms with Crippen molar-refractivity contribution >= 4 is 11.6 Å². The van der Waals surface area contributed by atoms with Crippen LogP contribution in [0, 0.1) is 11.2 Å². The van der Waals surface area contributed by atoms with Gasteiger partial charge in [0.25, 0.3) is 0 Å². The Bertz CT molecular complexity index is 967. The van der Waals surface area contributed by atoms with Crippen molar-refractivity contribution in [2.75, 3.05) is 20.8 Å². The third-order valence-electron chi connectivity index (χ3n) is 5.19. The molecule has 0 saturated carbocycles. The van der Waals surface area contributed by atoms with Crippen molar-refractivity contribution in [1.29, 1.82) is 0 Å². The first-order chi connectivity index (χ1) is 15.2. The Hall–Kier alpha value is -3.09. The number of rotatable bonds is 8. The summed E-state index contributed by atoms with van der Waals surface area (Å²) >= 11 is 0. The molecule has 6 nitrogen and oxygen atoms in total. The number of benzene rings is 2. The number of halogens is 1. The van der Waals surface area contributed by atoms with Crippen molar-refractivity contribution < 1.29 is 23.5 Å². The molecule has 0 spiro atoms. The lowest BCUT2D eigenvalue weighted by molar-refractivity contribution is -0.135. The molecule has 0 N–H and O–H groups in total. The summed E-state index contributed by atoms with van der Waals surface area (Å²) in [6, 6.07) is 11.8. The maximum absolute atomic E-state index is 13.3. The number of hydrogen-bond donors (Lipinski definition) is 0. The minimum atomic E-state index is -0.298. The minimum absolute atomic E-state index is 0.0324. The van der Waals surface area contributed by atoms with E-state index in [0.29, 0.717) is 37.4 Å². The SMILES string of the molecule is COc1ccc(C2=NO[C@H](CN(Cc3ccc(F)cc3)C(=O)CC(C)(C)C)C2)cc1OC. The maximum atomic E-state index is 13.3. The van der Waals surface area contributed by atoms with Gasteiger partial charge in [-0.1, -0.05) is 38.1 Å². The fourth-order valence-electron chi connectivity index (χ4n) is 3.59. The monoisotopic (exact) mass is 442 g/mol. The van der Waals surface area contributed by atoms with E-state index in [4.69, 9.17) is 14.3 Å². The molecule has 0 aliphatic carbocycles. The summed E-state index contributed by atoms with van der Waals surface area (Å²) < 4.78 is 24.0. The molecule has 0 bridgehead atoms. The topological polar surface area (TPSA) is 60.4 Å². The van der Waals surface area contributed by atoms with Crippen LogP contribution < -0.4 is 9.47 Å². The molecule has 2 aromatic carbocycles. The summed E-state index contributed by atoms with van der Waals surface area (Å²) in [5.41, 5.74) is 2.40. The van der Waals surface area contributed by atoms with Crippen LogP contribution in [0.15, 0.2) is 47.6 Å². The van der Waals surface area contributed by atoms with E-state index in [2.05, 4.69) is 5.16 Å². The predicted octanol–water partition coefficient (Wildman–Crippen LogP) is 4.80. The van der Waals surface area contributed by atoms with Gasteiger partial charge in [-0.2, -0.15) is 0 Å². The zero-order valence-electron chi connectivity index (χ0n) is 19.4. The van der Waals surface area contributed by atoms with Gasteiger partial charge in [0, 0.05) is 24.9 Å². The van der Waals surface area contributed by atoms with Crippen molar-refractivity contribution in [3.05, 3.63) is 59.4 Å². The molecule has 0 unspecified atom stereocenters. The largest absolute Gasteiger partial charge is 0.493 e. The second-order valence-electron chi connectivity index (χ2n) is 9.18. The average molecular weight is 443 g/mol. The predicted molar refractivity (Wildman–Crippen MR) is 121 cm³/mol. The molecule has 1 amide bonds. The Morgan fingerprint density at radius 2 is 1.81 bits per heavy atom. The van der Waals surface area contributed by atoms with Crippen LogP contribution in [-0.2, 0) is 16.2 Å². The Labute approximate surface area is 189 Å². The highest BCUT2D eigenvalue weighted by atomic mass is 19.1. The molecule has 1 aliphatic rings. The molecule has 2 aromatic rings. The van der Waals surface area contributed by atoms with Gasteiger partial charge in [-0.05, 0) is 41.3 Å². The molecule has 172 valence electrons. The van der Waals surface area contributed by atoms with Crippen LogP contribution in [0.1, 0.15) is 44.7 Å². The van der Waals surface area contributed by atoms with Crippen LogP contribution in [0.5, 0.6) is 11.5 Å². The first-order valence-corrected chi connectivity index (χ1v) is 10.7. The highest BCUT2D eigenvalue weighted by molar-refractivity contribution is 6.01. The van der Waals surface area contributed by atoms with Crippen LogP contribution >= 0.6 is 0 Å². The highest BCUT2D eigenvalue weighted by Crippen LogP contribution is 2.30. The van der Waals surface area contributed by atoms with Gasteiger partial charge in [-0.25, -0.2) is 4.39 Å². The van der Waals surface area contributed by atoms with Gasteiger partial charge in [-0.3, -0.25) is 4.79 Å². The Morgan fingerprint density at radius 3 is 2.44 bits per heavy atom. The van der Waals surface area contributed by atoms with Gasteiger partial charge in [0.15, 0.2) is 17.6 Å². The average Bonchev–Trinajstić information content (AvgIpc) is 3.21. The third kappa shape index (κ3) is 6.22. The molecule has 1 heterocycles. The molecule has 0 aromatic heterocycles. The molecule has 0 fully saturated rings. The summed E-state index contributed by atoms with van der Waals surface area (Å²) in [6.45, 7) is 6.88. The fourth-order valence-corrected chi connectivity index (χ4v) is 3.59. The van der Waals surface area contributed by atoms with E-state index in [-0.39, 0.29) is 23.2 Å². The van der Waals surface area contributed by atoms with Crippen LogP contribution in [0.4, 0.5) is 4.39 Å². The van der Waals surface area contributed by atoms with Crippen LogP contribution in [-0.4, -0.2) is 43.4 Å². The minimum Gasteiger partial charge on any atom is -0.493 e. The zero-order valence-corrected chi connectivity index (χ0v) is 19.4. The summed E-state index contributed by atoms with van der Waals surface area (Å²) in [6.07, 6.45) is 0.713. The van der Waals surface area contributed by atoms with E-state index < -0.39 is 0 Å².